The summed E-state index contributed by atoms with van der Waals surface area (Å²) in [6, 6.07) is 1.76. The molecule has 0 radical (unpaired) electrons. The van der Waals surface area contributed by atoms with Gasteiger partial charge in [0.2, 0.25) is 0 Å². The van der Waals surface area contributed by atoms with Crippen molar-refractivity contribution in [2.75, 3.05) is 0 Å². The Hall–Kier alpha value is -1.00. The fraction of sp³-hybridized carbons (Fsp3) is 0. The van der Waals surface area contributed by atoms with Gasteiger partial charge in [0.15, 0.2) is 5.84 Å². The van der Waals surface area contributed by atoms with E-state index in [2.05, 4.69) is 17.1 Å². The number of rotatable bonds is 3. The Morgan fingerprint density at radius 1 is 1.83 bits per heavy atom. The van der Waals surface area contributed by atoms with Gasteiger partial charge in [0, 0.05) is 17.1 Å². The van der Waals surface area contributed by atoms with Gasteiger partial charge in [-0.2, -0.15) is 5.10 Å². The third kappa shape index (κ3) is 2.25. The maximum atomic E-state index is 5.71. The highest BCUT2D eigenvalue weighted by molar-refractivity contribution is 7.14. The Morgan fingerprint density at radius 3 is 3.08 bits per heavy atom. The molecule has 0 aliphatic carbocycles. The molecule has 1 heterocycles. The van der Waals surface area contributed by atoms with E-state index in [4.69, 9.17) is 17.3 Å². The van der Waals surface area contributed by atoms with Gasteiger partial charge in [-0.3, -0.25) is 5.43 Å². The average molecular weight is 202 g/mol. The van der Waals surface area contributed by atoms with Crippen molar-refractivity contribution < 1.29 is 0 Å². The normalized spacial score (nSPS) is 11.2. The molecule has 1 rings (SSSR count). The van der Waals surface area contributed by atoms with Crippen LogP contribution in [-0.4, -0.2) is 5.84 Å². The molecule has 1 aromatic rings. The molecule has 0 aromatic carbocycles. The summed E-state index contributed by atoms with van der Waals surface area (Å²) >= 11 is 7.12. The van der Waals surface area contributed by atoms with Gasteiger partial charge in [-0.1, -0.05) is 18.2 Å². The van der Waals surface area contributed by atoms with Crippen molar-refractivity contribution in [1.29, 1.82) is 0 Å². The summed E-state index contributed by atoms with van der Waals surface area (Å²) in [5.41, 5.74) is 8.95. The maximum absolute atomic E-state index is 5.71. The summed E-state index contributed by atoms with van der Waals surface area (Å²) < 4.78 is 0.696. The highest BCUT2D eigenvalue weighted by Gasteiger charge is 2.00. The molecule has 0 amide bonds. The zero-order chi connectivity index (χ0) is 8.97. The summed E-state index contributed by atoms with van der Waals surface area (Å²) in [7, 11) is 0. The number of hydrogen-bond acceptors (Lipinski definition) is 3. The lowest BCUT2D eigenvalue weighted by molar-refractivity contribution is 0.967. The van der Waals surface area contributed by atoms with Crippen LogP contribution in [0.15, 0.2) is 29.3 Å². The van der Waals surface area contributed by atoms with Crippen molar-refractivity contribution in [3.05, 3.63) is 34.1 Å². The average Bonchev–Trinajstić information content (AvgIpc) is 2.47. The minimum absolute atomic E-state index is 0.401. The van der Waals surface area contributed by atoms with Crippen LogP contribution in [0.3, 0.4) is 0 Å². The van der Waals surface area contributed by atoms with E-state index in [1.807, 2.05) is 5.38 Å². The molecule has 0 atom stereocenters. The van der Waals surface area contributed by atoms with E-state index in [1.54, 1.807) is 6.07 Å². The van der Waals surface area contributed by atoms with E-state index in [-0.39, 0.29) is 0 Å². The van der Waals surface area contributed by atoms with Gasteiger partial charge >= 0.3 is 0 Å². The molecule has 3 nitrogen and oxygen atoms in total. The van der Waals surface area contributed by atoms with Crippen LogP contribution in [0.5, 0.6) is 0 Å². The van der Waals surface area contributed by atoms with E-state index in [9.17, 15) is 0 Å². The van der Waals surface area contributed by atoms with Crippen LogP contribution in [-0.2, 0) is 0 Å². The number of amidine groups is 1. The Kier molecular flexibility index (Phi) is 3.13. The molecule has 0 unspecified atom stereocenters. The quantitative estimate of drug-likeness (QED) is 0.445. The number of hydrazone groups is 1. The van der Waals surface area contributed by atoms with E-state index in [0.717, 1.165) is 5.56 Å². The van der Waals surface area contributed by atoms with Crippen molar-refractivity contribution in [2.24, 2.45) is 10.8 Å². The Labute approximate surface area is 79.5 Å². The van der Waals surface area contributed by atoms with E-state index in [1.165, 1.54) is 17.5 Å². The fourth-order valence-corrected chi connectivity index (χ4v) is 1.50. The predicted molar refractivity (Wildman–Crippen MR) is 53.4 cm³/mol. The number of halogens is 1. The molecule has 0 saturated carbocycles. The lowest BCUT2D eigenvalue weighted by Gasteiger charge is -1.94. The lowest BCUT2D eigenvalue weighted by atomic mass is 10.3. The van der Waals surface area contributed by atoms with Crippen molar-refractivity contribution in [3.63, 3.8) is 0 Å². The van der Waals surface area contributed by atoms with Gasteiger partial charge in [-0.05, 0) is 6.07 Å². The first-order valence-corrected chi connectivity index (χ1v) is 4.44. The molecule has 64 valence electrons. The van der Waals surface area contributed by atoms with Gasteiger partial charge < -0.3 is 5.73 Å². The van der Waals surface area contributed by atoms with Crippen LogP contribution in [0.1, 0.15) is 5.56 Å². The molecule has 1 aromatic heterocycles. The molecular weight excluding hydrogens is 194 g/mol. The summed E-state index contributed by atoms with van der Waals surface area (Å²) in [6.07, 6.45) is 1.45. The van der Waals surface area contributed by atoms with Crippen LogP contribution in [0.25, 0.3) is 0 Å². The second-order valence-corrected chi connectivity index (χ2v) is 3.51. The molecular formula is C7H8ClN3S. The fourth-order valence-electron chi connectivity index (χ4n) is 0.624. The largest absolute Gasteiger partial charge is 0.382 e. The predicted octanol–water partition coefficient (Wildman–Crippen LogP) is 1.75. The molecule has 5 heteroatoms. The molecule has 0 saturated heterocycles. The topological polar surface area (TPSA) is 50.4 Å². The van der Waals surface area contributed by atoms with E-state index in [0.29, 0.717) is 10.2 Å². The second kappa shape index (κ2) is 4.13. The summed E-state index contributed by atoms with van der Waals surface area (Å²) in [4.78, 5) is 0. The van der Waals surface area contributed by atoms with Crippen LogP contribution in [0, 0.1) is 0 Å². The number of nitrogens with zero attached hydrogens (tertiary/aromatic N) is 1. The molecule has 12 heavy (non-hydrogen) atoms. The summed E-state index contributed by atoms with van der Waals surface area (Å²) in [6.45, 7) is 3.43. The van der Waals surface area contributed by atoms with Gasteiger partial charge in [-0.25, -0.2) is 0 Å². The Balaban J connectivity index is 2.76. The first-order chi connectivity index (χ1) is 5.74. The summed E-state index contributed by atoms with van der Waals surface area (Å²) in [5.74, 6) is 0.401. The third-order valence-electron chi connectivity index (χ3n) is 1.14. The molecule has 3 N–H and O–H groups in total. The van der Waals surface area contributed by atoms with Crippen molar-refractivity contribution in [1.82, 2.24) is 5.43 Å². The first kappa shape index (κ1) is 9.09. The monoisotopic (exact) mass is 201 g/mol. The number of nitrogens with two attached hydrogens (primary N) is 1. The van der Waals surface area contributed by atoms with Crippen molar-refractivity contribution in [2.45, 2.75) is 0 Å². The maximum Gasteiger partial charge on any atom is 0.151 e. The van der Waals surface area contributed by atoms with E-state index >= 15 is 0 Å². The highest BCUT2D eigenvalue weighted by Crippen LogP contribution is 2.19. The highest BCUT2D eigenvalue weighted by atomic mass is 35.5. The molecule has 0 fully saturated rings. The van der Waals surface area contributed by atoms with Gasteiger partial charge in [0.1, 0.15) is 0 Å². The minimum Gasteiger partial charge on any atom is -0.382 e. The Morgan fingerprint density at radius 2 is 2.58 bits per heavy atom. The summed E-state index contributed by atoms with van der Waals surface area (Å²) in [5, 5.41) is 5.64. The van der Waals surface area contributed by atoms with Crippen LogP contribution < -0.4 is 11.2 Å². The molecule has 0 aliphatic rings. The minimum atomic E-state index is 0.401. The van der Waals surface area contributed by atoms with E-state index < -0.39 is 0 Å². The van der Waals surface area contributed by atoms with Crippen molar-refractivity contribution >= 4 is 28.8 Å². The van der Waals surface area contributed by atoms with Crippen LogP contribution in [0.2, 0.25) is 4.34 Å². The van der Waals surface area contributed by atoms with Crippen LogP contribution in [0.4, 0.5) is 0 Å². The van der Waals surface area contributed by atoms with Gasteiger partial charge in [0.25, 0.3) is 0 Å². The van der Waals surface area contributed by atoms with Crippen molar-refractivity contribution in [3.8, 4) is 0 Å². The van der Waals surface area contributed by atoms with Gasteiger partial charge in [-0.15, -0.1) is 11.3 Å². The number of nitrogens with one attached hydrogen (secondary N) is 1. The number of hydrogen-bond donors (Lipinski definition) is 2. The lowest BCUT2D eigenvalue weighted by Crippen LogP contribution is -2.15. The zero-order valence-electron chi connectivity index (χ0n) is 6.25. The third-order valence-corrected chi connectivity index (χ3v) is 2.23. The standard InChI is InChI=1S/C7H8ClN3S/c1-2-10-11-7(9)5-3-6(8)12-4-5/h2-4,10H,1H2,(H2,9,11). The molecule has 0 spiro atoms. The smallest absolute Gasteiger partial charge is 0.151 e. The molecule has 0 aliphatic heterocycles. The van der Waals surface area contributed by atoms with Gasteiger partial charge in [0.05, 0.1) is 4.34 Å². The van der Waals surface area contributed by atoms with Crippen LogP contribution >= 0.6 is 22.9 Å². The first-order valence-electron chi connectivity index (χ1n) is 3.18. The second-order valence-electron chi connectivity index (χ2n) is 1.97. The number of thiophene rings is 1. The molecule has 0 bridgehead atoms. The SMILES string of the molecule is C=CN/N=C(\N)c1csc(Cl)c1. The zero-order valence-corrected chi connectivity index (χ0v) is 7.82. The Bertz CT molecular complexity index is 305.